The van der Waals surface area contributed by atoms with Gasteiger partial charge in [0.05, 0.1) is 0 Å². The Morgan fingerprint density at radius 2 is 1.77 bits per heavy atom. The van der Waals surface area contributed by atoms with Gasteiger partial charge in [-0.1, -0.05) is 65.3 Å². The summed E-state index contributed by atoms with van der Waals surface area (Å²) in [5, 5.41) is 0. The van der Waals surface area contributed by atoms with Crippen LogP contribution in [0, 0.1) is 52.3 Å². The van der Waals surface area contributed by atoms with Crippen molar-refractivity contribution >= 4 is 5.78 Å². The number of Topliss-reactive ketones (excluding diaryl/α,β-unsaturated/α-hetero) is 1. The minimum absolute atomic E-state index is 0.383. The molecule has 0 bridgehead atoms. The van der Waals surface area contributed by atoms with Crippen LogP contribution in [0.2, 0.25) is 0 Å². The number of ketones is 1. The number of hydrogen-bond acceptors (Lipinski definition) is 1. The molecule has 4 aliphatic rings. The molecular formula is C29H46O. The predicted molar refractivity (Wildman–Crippen MR) is 127 cm³/mol. The van der Waals surface area contributed by atoms with Gasteiger partial charge in [-0.05, 0) is 97.2 Å². The fraction of sp³-hybridized carbons (Fsp3) is 0.828. The zero-order valence-corrected chi connectivity index (χ0v) is 20.5. The molecule has 0 aromatic carbocycles. The summed E-state index contributed by atoms with van der Waals surface area (Å²) in [6.07, 6.45) is 18.5. The summed E-state index contributed by atoms with van der Waals surface area (Å²) in [5.41, 5.74) is 2.68. The summed E-state index contributed by atoms with van der Waals surface area (Å²) >= 11 is 0. The van der Waals surface area contributed by atoms with Gasteiger partial charge in [0, 0.05) is 12.8 Å². The normalized spacial score (nSPS) is 43.2. The highest BCUT2D eigenvalue weighted by Crippen LogP contribution is 2.66. The van der Waals surface area contributed by atoms with Crippen molar-refractivity contribution in [1.82, 2.24) is 0 Å². The van der Waals surface area contributed by atoms with Gasteiger partial charge in [0.15, 0.2) is 0 Å². The zero-order chi connectivity index (χ0) is 21.7. The molecule has 0 aromatic heterocycles. The van der Waals surface area contributed by atoms with Gasteiger partial charge < -0.3 is 0 Å². The highest BCUT2D eigenvalue weighted by molar-refractivity contribution is 5.79. The highest BCUT2D eigenvalue weighted by Gasteiger charge is 2.58. The first-order chi connectivity index (χ1) is 14.2. The Labute approximate surface area is 186 Å². The van der Waals surface area contributed by atoms with Crippen LogP contribution in [0.3, 0.4) is 0 Å². The molecule has 4 aliphatic carbocycles. The van der Waals surface area contributed by atoms with Crippen LogP contribution in [0.1, 0.15) is 99.3 Å². The van der Waals surface area contributed by atoms with Gasteiger partial charge in [0.25, 0.3) is 0 Å². The van der Waals surface area contributed by atoms with Gasteiger partial charge in [0.2, 0.25) is 0 Å². The van der Waals surface area contributed by atoms with E-state index in [4.69, 9.17) is 0 Å². The maximum atomic E-state index is 12.1. The lowest BCUT2D eigenvalue weighted by Crippen LogP contribution is -2.49. The van der Waals surface area contributed by atoms with E-state index in [-0.39, 0.29) is 0 Å². The van der Waals surface area contributed by atoms with Gasteiger partial charge in [-0.2, -0.15) is 0 Å². The van der Waals surface area contributed by atoms with E-state index >= 15 is 0 Å². The van der Waals surface area contributed by atoms with E-state index in [1.54, 1.807) is 0 Å². The van der Waals surface area contributed by atoms with Gasteiger partial charge in [-0.3, -0.25) is 4.79 Å². The first kappa shape index (κ1) is 22.3. The van der Waals surface area contributed by atoms with Crippen LogP contribution < -0.4 is 0 Å². The van der Waals surface area contributed by atoms with Crippen molar-refractivity contribution in [2.24, 2.45) is 52.3 Å². The molecule has 1 heteroatoms. The third-order valence-corrected chi connectivity index (χ3v) is 10.6. The summed E-state index contributed by atoms with van der Waals surface area (Å²) in [4.78, 5) is 12.1. The van der Waals surface area contributed by atoms with Gasteiger partial charge >= 0.3 is 0 Å². The maximum Gasteiger partial charge on any atom is 0.133 e. The minimum atomic E-state index is 0.383. The molecule has 3 saturated carbocycles. The van der Waals surface area contributed by atoms with Crippen molar-refractivity contribution in [3.8, 4) is 0 Å². The monoisotopic (exact) mass is 410 g/mol. The van der Waals surface area contributed by atoms with Crippen LogP contribution >= 0.6 is 0 Å². The van der Waals surface area contributed by atoms with Crippen LogP contribution in [0.4, 0.5) is 0 Å². The number of rotatable bonds is 5. The van der Waals surface area contributed by atoms with E-state index in [0.29, 0.717) is 28.4 Å². The maximum absolute atomic E-state index is 12.1. The Hall–Kier alpha value is -0.850. The Morgan fingerprint density at radius 1 is 1.03 bits per heavy atom. The first-order valence-electron chi connectivity index (χ1n) is 13.1. The Morgan fingerprint density at radius 3 is 2.47 bits per heavy atom. The Balaban J connectivity index is 1.54. The van der Waals surface area contributed by atoms with Crippen molar-refractivity contribution in [1.29, 1.82) is 0 Å². The van der Waals surface area contributed by atoms with Crippen molar-refractivity contribution in [2.45, 2.75) is 99.3 Å². The van der Waals surface area contributed by atoms with Crippen molar-refractivity contribution < 1.29 is 4.79 Å². The SMILES string of the molecule is CC[C@H](/C=C/[C@@H](C)[C@@H]1CC[C@@H]2C3=CC[C@H]4CC(=O)CC[C@]4(C)[C@@H]3CC[C@@]21C)C(C)C. The van der Waals surface area contributed by atoms with Gasteiger partial charge in [0.1, 0.15) is 5.78 Å². The smallest absolute Gasteiger partial charge is 0.133 e. The average Bonchev–Trinajstić information content (AvgIpc) is 3.06. The molecule has 0 radical (unpaired) electrons. The van der Waals surface area contributed by atoms with Crippen LogP contribution in [0.5, 0.6) is 0 Å². The van der Waals surface area contributed by atoms with Crippen LogP contribution in [-0.4, -0.2) is 5.78 Å². The number of carbonyl (C=O) groups is 1. The lowest BCUT2D eigenvalue weighted by molar-refractivity contribution is -0.127. The molecule has 0 N–H and O–H groups in total. The number of allylic oxidation sites excluding steroid dienone is 4. The molecule has 0 spiro atoms. The number of carbonyl (C=O) groups excluding carboxylic acids is 1. The second-order valence-corrected chi connectivity index (χ2v) is 12.3. The summed E-state index contributed by atoms with van der Waals surface area (Å²) in [5.74, 6) is 5.63. The summed E-state index contributed by atoms with van der Waals surface area (Å²) in [6.45, 7) is 14.7. The zero-order valence-electron chi connectivity index (χ0n) is 20.5. The molecule has 30 heavy (non-hydrogen) atoms. The lowest BCUT2D eigenvalue weighted by Gasteiger charge is -2.57. The molecule has 8 atom stereocenters. The molecule has 0 saturated heterocycles. The van der Waals surface area contributed by atoms with E-state index < -0.39 is 0 Å². The predicted octanol–water partition coefficient (Wildman–Crippen LogP) is 8.01. The second kappa shape index (κ2) is 8.25. The van der Waals surface area contributed by atoms with Crippen LogP contribution in [-0.2, 0) is 4.79 Å². The molecule has 0 aromatic rings. The fourth-order valence-corrected chi connectivity index (χ4v) is 8.49. The van der Waals surface area contributed by atoms with Crippen LogP contribution in [0.25, 0.3) is 0 Å². The highest BCUT2D eigenvalue weighted by atomic mass is 16.1. The van der Waals surface area contributed by atoms with Crippen molar-refractivity contribution in [2.75, 3.05) is 0 Å². The van der Waals surface area contributed by atoms with Gasteiger partial charge in [-0.25, -0.2) is 0 Å². The van der Waals surface area contributed by atoms with E-state index in [1.807, 2.05) is 5.57 Å². The standard InChI is InChI=1S/C29H46O/c1-7-21(19(2)3)9-8-20(4)25-12-13-26-24-11-10-22-18-23(30)14-16-28(22,5)27(24)15-17-29(25,26)6/h8-9,11,19-22,25-27H,7,10,12-18H2,1-6H3/b9-8+/t20-,21-,22+,25+,26-,27-,28+,29-/m1/s1. The Bertz CT molecular complexity index is 714. The summed E-state index contributed by atoms with van der Waals surface area (Å²) < 4.78 is 0. The molecule has 1 nitrogen and oxygen atoms in total. The van der Waals surface area contributed by atoms with Crippen LogP contribution in [0.15, 0.2) is 23.8 Å². The summed E-state index contributed by atoms with van der Waals surface area (Å²) in [7, 11) is 0. The van der Waals surface area contributed by atoms with Crippen molar-refractivity contribution in [3.05, 3.63) is 23.8 Å². The van der Waals surface area contributed by atoms with E-state index in [0.717, 1.165) is 55.3 Å². The quantitative estimate of drug-likeness (QED) is 0.419. The lowest BCUT2D eigenvalue weighted by atomic mass is 9.48. The van der Waals surface area contributed by atoms with Crippen molar-refractivity contribution in [3.63, 3.8) is 0 Å². The van der Waals surface area contributed by atoms with Gasteiger partial charge in [-0.15, -0.1) is 0 Å². The third-order valence-electron chi connectivity index (χ3n) is 10.6. The summed E-state index contributed by atoms with van der Waals surface area (Å²) in [6, 6.07) is 0. The molecule has 3 fully saturated rings. The van der Waals surface area contributed by atoms with E-state index in [2.05, 4.69) is 59.8 Å². The first-order valence-corrected chi connectivity index (χ1v) is 13.1. The molecule has 0 amide bonds. The molecule has 0 aliphatic heterocycles. The minimum Gasteiger partial charge on any atom is -0.300 e. The number of hydrogen-bond donors (Lipinski definition) is 0. The average molecular weight is 411 g/mol. The molecule has 0 unspecified atom stereocenters. The second-order valence-electron chi connectivity index (χ2n) is 12.3. The van der Waals surface area contributed by atoms with E-state index in [1.165, 1.54) is 32.1 Å². The molecular weight excluding hydrogens is 364 g/mol. The largest absolute Gasteiger partial charge is 0.300 e. The topological polar surface area (TPSA) is 17.1 Å². The number of fused-ring (bicyclic) bond motifs is 5. The molecule has 168 valence electrons. The Kier molecular flexibility index (Phi) is 6.15. The van der Waals surface area contributed by atoms with E-state index in [9.17, 15) is 4.79 Å². The molecule has 4 rings (SSSR count). The fourth-order valence-electron chi connectivity index (χ4n) is 8.49. The molecule has 0 heterocycles. The third kappa shape index (κ3) is 3.57.